The molecule has 0 spiro atoms. The first-order valence-electron chi connectivity index (χ1n) is 12.5. The fraction of sp³-hybridized carbons (Fsp3) is 0.333. The third kappa shape index (κ3) is 4.13. The van der Waals surface area contributed by atoms with Gasteiger partial charge in [-0.05, 0) is 53.6 Å². The summed E-state index contributed by atoms with van der Waals surface area (Å²) >= 11 is 0. The van der Waals surface area contributed by atoms with Crippen molar-refractivity contribution in [2.45, 2.75) is 58.4 Å². The first-order valence-corrected chi connectivity index (χ1v) is 12.5. The van der Waals surface area contributed by atoms with Gasteiger partial charge in [0.05, 0.1) is 11.0 Å². The number of amides is 1. The lowest BCUT2D eigenvalue weighted by atomic mass is 9.97. The van der Waals surface area contributed by atoms with Crippen LogP contribution >= 0.6 is 0 Å². The van der Waals surface area contributed by atoms with Gasteiger partial charge in [-0.2, -0.15) is 0 Å². The summed E-state index contributed by atoms with van der Waals surface area (Å²) in [6, 6.07) is 25.6. The molecule has 3 aromatic carbocycles. The molecule has 1 aromatic heterocycles. The molecule has 4 aromatic rings. The molecule has 2 heterocycles. The highest BCUT2D eigenvalue weighted by atomic mass is 16.2. The zero-order chi connectivity index (χ0) is 23.7. The van der Waals surface area contributed by atoms with Gasteiger partial charge >= 0.3 is 0 Å². The van der Waals surface area contributed by atoms with Gasteiger partial charge in [-0.1, -0.05) is 75.4 Å². The third-order valence-corrected chi connectivity index (χ3v) is 7.34. The summed E-state index contributed by atoms with van der Waals surface area (Å²) in [4.78, 5) is 20.1. The molecular weight excluding hydrogens is 418 g/mol. The van der Waals surface area contributed by atoms with Gasteiger partial charge in [-0.25, -0.2) is 4.98 Å². The van der Waals surface area contributed by atoms with E-state index in [1.165, 1.54) is 16.7 Å². The van der Waals surface area contributed by atoms with E-state index >= 15 is 0 Å². The Morgan fingerprint density at radius 3 is 2.47 bits per heavy atom. The average Bonchev–Trinajstić information content (AvgIpc) is 3.44. The van der Waals surface area contributed by atoms with Gasteiger partial charge in [0.25, 0.3) is 0 Å². The molecule has 2 atom stereocenters. The van der Waals surface area contributed by atoms with Gasteiger partial charge in [0.1, 0.15) is 5.82 Å². The van der Waals surface area contributed by atoms with Gasteiger partial charge in [-0.3, -0.25) is 4.79 Å². The number of benzene rings is 3. The van der Waals surface area contributed by atoms with Crippen molar-refractivity contribution in [3.05, 3.63) is 95.3 Å². The Bertz CT molecular complexity index is 1300. The molecule has 0 saturated carbocycles. The summed E-state index contributed by atoms with van der Waals surface area (Å²) in [6.07, 6.45) is 2.55. The standard InChI is InChI=1S/C30H33N3O/c1-4-21(3)24-16-14-22(15-17-24)19-33-28-13-9-7-11-26(28)31-30(33)25-18-29(34)32(20-25)27-12-8-6-10-23(27)5-2/h6-17,21,25H,4-5,18-20H2,1-3H3. The van der Waals surface area contributed by atoms with Gasteiger partial charge in [0.2, 0.25) is 5.91 Å². The molecule has 0 radical (unpaired) electrons. The average molecular weight is 452 g/mol. The number of fused-ring (bicyclic) bond motifs is 1. The van der Waals surface area contributed by atoms with Crippen LogP contribution in [0.2, 0.25) is 0 Å². The van der Waals surface area contributed by atoms with Crippen LogP contribution in [-0.2, 0) is 17.8 Å². The van der Waals surface area contributed by atoms with Crippen molar-refractivity contribution in [3.63, 3.8) is 0 Å². The maximum Gasteiger partial charge on any atom is 0.227 e. The van der Waals surface area contributed by atoms with Crippen molar-refractivity contribution in [3.8, 4) is 0 Å². The second kappa shape index (κ2) is 9.46. The van der Waals surface area contributed by atoms with Crippen LogP contribution < -0.4 is 4.90 Å². The van der Waals surface area contributed by atoms with E-state index in [1.54, 1.807) is 0 Å². The monoisotopic (exact) mass is 451 g/mol. The first-order chi connectivity index (χ1) is 16.6. The van der Waals surface area contributed by atoms with Crippen molar-refractivity contribution >= 4 is 22.6 Å². The van der Waals surface area contributed by atoms with E-state index in [0.29, 0.717) is 18.9 Å². The van der Waals surface area contributed by atoms with Crippen LogP contribution in [0.25, 0.3) is 11.0 Å². The highest BCUT2D eigenvalue weighted by molar-refractivity contribution is 5.97. The van der Waals surface area contributed by atoms with Crippen LogP contribution in [0, 0.1) is 0 Å². The predicted octanol–water partition coefficient (Wildman–Crippen LogP) is 6.68. The van der Waals surface area contributed by atoms with E-state index in [4.69, 9.17) is 4.98 Å². The molecule has 1 saturated heterocycles. The number of rotatable bonds is 7. The molecule has 4 heteroatoms. The van der Waals surface area contributed by atoms with Crippen LogP contribution in [0.15, 0.2) is 72.8 Å². The maximum atomic E-state index is 13.1. The van der Waals surface area contributed by atoms with Crippen molar-refractivity contribution in [2.24, 2.45) is 0 Å². The molecule has 0 aliphatic carbocycles. The summed E-state index contributed by atoms with van der Waals surface area (Å²) in [5, 5.41) is 0. The number of aryl methyl sites for hydroxylation is 1. The Morgan fingerprint density at radius 2 is 1.71 bits per heavy atom. The van der Waals surface area contributed by atoms with Crippen molar-refractivity contribution < 1.29 is 4.79 Å². The lowest BCUT2D eigenvalue weighted by molar-refractivity contribution is -0.117. The van der Waals surface area contributed by atoms with Gasteiger partial charge < -0.3 is 9.47 Å². The predicted molar refractivity (Wildman–Crippen MR) is 140 cm³/mol. The number of carbonyl (C=O) groups excluding carboxylic acids is 1. The zero-order valence-electron chi connectivity index (χ0n) is 20.4. The number of hydrogen-bond donors (Lipinski definition) is 0. The van der Waals surface area contributed by atoms with Crippen LogP contribution in [0.5, 0.6) is 0 Å². The Labute approximate surface area is 202 Å². The molecule has 4 nitrogen and oxygen atoms in total. The van der Waals surface area contributed by atoms with Crippen LogP contribution in [0.3, 0.4) is 0 Å². The molecule has 174 valence electrons. The van der Waals surface area contributed by atoms with Crippen molar-refractivity contribution in [1.82, 2.24) is 9.55 Å². The van der Waals surface area contributed by atoms with E-state index in [0.717, 1.165) is 41.9 Å². The second-order valence-corrected chi connectivity index (χ2v) is 9.48. The summed E-state index contributed by atoms with van der Waals surface area (Å²) < 4.78 is 2.32. The Kier molecular flexibility index (Phi) is 6.23. The largest absolute Gasteiger partial charge is 0.323 e. The van der Waals surface area contributed by atoms with Crippen molar-refractivity contribution in [1.29, 1.82) is 0 Å². The number of nitrogens with zero attached hydrogens (tertiary/aromatic N) is 3. The minimum Gasteiger partial charge on any atom is -0.323 e. The quantitative estimate of drug-likeness (QED) is 0.314. The maximum absolute atomic E-state index is 13.1. The van der Waals surface area contributed by atoms with E-state index < -0.39 is 0 Å². The summed E-state index contributed by atoms with van der Waals surface area (Å²) in [5.41, 5.74) is 7.02. The normalized spacial score (nSPS) is 17.0. The van der Waals surface area contributed by atoms with Crippen LogP contribution in [-0.4, -0.2) is 22.0 Å². The molecule has 1 aliphatic heterocycles. The number of imidazole rings is 1. The fourth-order valence-corrected chi connectivity index (χ4v) is 5.13. The molecule has 1 fully saturated rings. The summed E-state index contributed by atoms with van der Waals surface area (Å²) in [6.45, 7) is 8.07. The number of hydrogen-bond acceptors (Lipinski definition) is 2. The Balaban J connectivity index is 1.48. The molecule has 5 rings (SSSR count). The van der Waals surface area contributed by atoms with E-state index in [-0.39, 0.29) is 11.8 Å². The first kappa shape index (κ1) is 22.4. The molecule has 0 bridgehead atoms. The Morgan fingerprint density at radius 1 is 0.971 bits per heavy atom. The second-order valence-electron chi connectivity index (χ2n) is 9.48. The van der Waals surface area contributed by atoms with Crippen LogP contribution in [0.1, 0.15) is 68.0 Å². The number of aromatic nitrogens is 2. The fourth-order valence-electron chi connectivity index (χ4n) is 5.13. The number of carbonyl (C=O) groups is 1. The SMILES string of the molecule is CCc1ccccc1N1CC(c2nc3ccccc3n2Cc2ccc(C(C)CC)cc2)CC1=O. The van der Waals surface area contributed by atoms with Crippen LogP contribution in [0.4, 0.5) is 5.69 Å². The molecule has 0 N–H and O–H groups in total. The highest BCUT2D eigenvalue weighted by Crippen LogP contribution is 2.35. The van der Waals surface area contributed by atoms with Gasteiger partial charge in [0.15, 0.2) is 0 Å². The molecular formula is C30H33N3O. The highest BCUT2D eigenvalue weighted by Gasteiger charge is 2.35. The number of anilines is 1. The number of para-hydroxylation sites is 3. The Hall–Kier alpha value is -3.40. The van der Waals surface area contributed by atoms with Gasteiger partial charge in [0, 0.05) is 31.1 Å². The third-order valence-electron chi connectivity index (χ3n) is 7.34. The summed E-state index contributed by atoms with van der Waals surface area (Å²) in [7, 11) is 0. The summed E-state index contributed by atoms with van der Waals surface area (Å²) in [5.74, 6) is 1.84. The lowest BCUT2D eigenvalue weighted by Crippen LogP contribution is -2.25. The smallest absolute Gasteiger partial charge is 0.227 e. The lowest BCUT2D eigenvalue weighted by Gasteiger charge is -2.20. The van der Waals surface area contributed by atoms with Crippen molar-refractivity contribution in [2.75, 3.05) is 11.4 Å². The van der Waals surface area contributed by atoms with E-state index in [9.17, 15) is 4.79 Å². The van der Waals surface area contributed by atoms with Gasteiger partial charge in [-0.15, -0.1) is 0 Å². The minimum absolute atomic E-state index is 0.0733. The van der Waals surface area contributed by atoms with E-state index in [2.05, 4.69) is 79.9 Å². The minimum atomic E-state index is 0.0733. The van der Waals surface area contributed by atoms with E-state index in [1.807, 2.05) is 23.1 Å². The molecule has 2 unspecified atom stereocenters. The topological polar surface area (TPSA) is 38.1 Å². The zero-order valence-corrected chi connectivity index (χ0v) is 20.4. The molecule has 34 heavy (non-hydrogen) atoms. The molecule has 1 aliphatic rings. The molecule has 1 amide bonds.